The molecule has 0 aliphatic rings. The molecule has 0 saturated heterocycles. The molecular formula is C20H19FN4O3. The number of aryl methyl sites for hydroxylation is 1. The first-order chi connectivity index (χ1) is 13.3. The molecule has 0 aliphatic carbocycles. The third-order valence-electron chi connectivity index (χ3n) is 4.31. The Labute approximate surface area is 161 Å². The first-order valence-electron chi connectivity index (χ1n) is 8.66. The van der Waals surface area contributed by atoms with Crippen molar-refractivity contribution >= 4 is 17.2 Å². The zero-order valence-corrected chi connectivity index (χ0v) is 15.4. The summed E-state index contributed by atoms with van der Waals surface area (Å²) >= 11 is 0. The molecule has 2 aromatic carbocycles. The van der Waals surface area contributed by atoms with Crippen molar-refractivity contribution in [3.63, 3.8) is 0 Å². The lowest BCUT2D eigenvalue weighted by atomic mass is 10.1. The minimum absolute atomic E-state index is 0.184. The van der Waals surface area contributed by atoms with E-state index in [1.807, 2.05) is 6.92 Å². The van der Waals surface area contributed by atoms with E-state index in [1.54, 1.807) is 29.9 Å². The lowest BCUT2D eigenvalue weighted by molar-refractivity contribution is -0.384. The topological polar surface area (TPSA) is 90.1 Å². The van der Waals surface area contributed by atoms with E-state index >= 15 is 0 Å². The van der Waals surface area contributed by atoms with Gasteiger partial charge in [0.25, 0.3) is 5.69 Å². The number of ketones is 1. The van der Waals surface area contributed by atoms with Gasteiger partial charge < -0.3 is 9.88 Å². The normalized spacial score (nSPS) is 11.8. The van der Waals surface area contributed by atoms with Gasteiger partial charge in [0.05, 0.1) is 4.92 Å². The van der Waals surface area contributed by atoms with Crippen molar-refractivity contribution in [2.45, 2.75) is 19.4 Å². The fraction of sp³-hybridized carbons (Fsp3) is 0.200. The summed E-state index contributed by atoms with van der Waals surface area (Å²) in [4.78, 5) is 27.5. The van der Waals surface area contributed by atoms with Crippen LogP contribution in [0.15, 0.2) is 54.9 Å². The number of aromatic nitrogens is 2. The highest BCUT2D eigenvalue weighted by molar-refractivity contribution is 6.07. The number of carbonyl (C=O) groups excluding carboxylic acids is 1. The summed E-state index contributed by atoms with van der Waals surface area (Å²) in [6, 6.07) is 10.3. The molecule has 1 heterocycles. The number of nitro groups is 1. The van der Waals surface area contributed by atoms with Crippen LogP contribution in [-0.4, -0.2) is 26.3 Å². The smallest absolute Gasteiger partial charge is 0.293 e. The summed E-state index contributed by atoms with van der Waals surface area (Å²) < 4.78 is 14.9. The molecule has 3 rings (SSSR count). The molecule has 0 bridgehead atoms. The van der Waals surface area contributed by atoms with Gasteiger partial charge in [0.15, 0.2) is 5.82 Å². The van der Waals surface area contributed by atoms with E-state index in [-0.39, 0.29) is 28.9 Å². The van der Waals surface area contributed by atoms with Crippen molar-refractivity contribution in [1.82, 2.24) is 9.55 Å². The first-order valence-corrected chi connectivity index (χ1v) is 8.66. The standard InChI is InChI=1S/C20H19FN4O3/c1-13(10-14-4-3-5-16(21)11-14)23-17-7-6-15(12-18(17)25(27)28)19(26)20-22-8-9-24(20)2/h3-9,11-13,23H,10H2,1-2H3. The molecule has 8 heteroatoms. The Morgan fingerprint density at radius 3 is 2.75 bits per heavy atom. The molecular weight excluding hydrogens is 363 g/mol. The molecule has 0 aliphatic heterocycles. The Hall–Kier alpha value is -3.55. The fourth-order valence-corrected chi connectivity index (χ4v) is 2.99. The highest BCUT2D eigenvalue weighted by Crippen LogP contribution is 2.27. The number of hydrogen-bond donors (Lipinski definition) is 1. The molecule has 1 aromatic heterocycles. The molecule has 1 N–H and O–H groups in total. The molecule has 0 spiro atoms. The molecule has 144 valence electrons. The fourth-order valence-electron chi connectivity index (χ4n) is 2.99. The van der Waals surface area contributed by atoms with Crippen LogP contribution in [0, 0.1) is 15.9 Å². The van der Waals surface area contributed by atoms with Crippen molar-refractivity contribution in [2.75, 3.05) is 5.32 Å². The van der Waals surface area contributed by atoms with Gasteiger partial charge in [-0.15, -0.1) is 0 Å². The van der Waals surface area contributed by atoms with Crippen molar-refractivity contribution in [3.05, 3.63) is 87.7 Å². The second-order valence-corrected chi connectivity index (χ2v) is 6.56. The van der Waals surface area contributed by atoms with E-state index in [0.717, 1.165) is 5.56 Å². The van der Waals surface area contributed by atoms with Crippen molar-refractivity contribution in [2.24, 2.45) is 7.05 Å². The molecule has 0 radical (unpaired) electrons. The molecule has 0 amide bonds. The van der Waals surface area contributed by atoms with Gasteiger partial charge in [0, 0.05) is 37.1 Å². The zero-order chi connectivity index (χ0) is 20.3. The number of hydrogen-bond acceptors (Lipinski definition) is 5. The van der Waals surface area contributed by atoms with Crippen LogP contribution in [0.2, 0.25) is 0 Å². The van der Waals surface area contributed by atoms with Gasteiger partial charge in [0.1, 0.15) is 11.5 Å². The van der Waals surface area contributed by atoms with E-state index in [1.165, 1.54) is 36.5 Å². The van der Waals surface area contributed by atoms with Crippen molar-refractivity contribution in [3.8, 4) is 0 Å². The number of benzene rings is 2. The second-order valence-electron chi connectivity index (χ2n) is 6.56. The van der Waals surface area contributed by atoms with Gasteiger partial charge in [0.2, 0.25) is 5.78 Å². The lowest BCUT2D eigenvalue weighted by Crippen LogP contribution is -2.19. The summed E-state index contributed by atoms with van der Waals surface area (Å²) in [5.41, 5.74) is 1.06. The Kier molecular flexibility index (Phi) is 5.49. The maximum absolute atomic E-state index is 13.3. The summed E-state index contributed by atoms with van der Waals surface area (Å²) in [5, 5.41) is 14.6. The zero-order valence-electron chi connectivity index (χ0n) is 15.4. The van der Waals surface area contributed by atoms with Crippen LogP contribution in [0.25, 0.3) is 0 Å². The van der Waals surface area contributed by atoms with E-state index in [0.29, 0.717) is 12.1 Å². The van der Waals surface area contributed by atoms with Crippen LogP contribution < -0.4 is 5.32 Å². The molecule has 28 heavy (non-hydrogen) atoms. The minimum Gasteiger partial charge on any atom is -0.377 e. The molecule has 0 saturated carbocycles. The van der Waals surface area contributed by atoms with Crippen LogP contribution in [0.5, 0.6) is 0 Å². The summed E-state index contributed by atoms with van der Waals surface area (Å²) in [6.07, 6.45) is 3.61. The Balaban J connectivity index is 1.82. The molecule has 1 atom stereocenters. The summed E-state index contributed by atoms with van der Waals surface area (Å²) in [6.45, 7) is 1.85. The monoisotopic (exact) mass is 382 g/mol. The Bertz CT molecular complexity index is 1030. The van der Waals surface area contributed by atoms with Gasteiger partial charge in [-0.2, -0.15) is 0 Å². The van der Waals surface area contributed by atoms with Gasteiger partial charge in [-0.25, -0.2) is 9.37 Å². The van der Waals surface area contributed by atoms with Gasteiger partial charge in [-0.1, -0.05) is 12.1 Å². The third kappa shape index (κ3) is 4.22. The number of anilines is 1. The maximum Gasteiger partial charge on any atom is 0.293 e. The second kappa shape index (κ2) is 7.99. The van der Waals surface area contributed by atoms with Crippen LogP contribution in [0.4, 0.5) is 15.8 Å². The predicted molar refractivity (Wildman–Crippen MR) is 103 cm³/mol. The summed E-state index contributed by atoms with van der Waals surface area (Å²) in [7, 11) is 1.68. The lowest BCUT2D eigenvalue weighted by Gasteiger charge is -2.16. The van der Waals surface area contributed by atoms with Crippen LogP contribution in [0.3, 0.4) is 0 Å². The average Bonchev–Trinajstić information content (AvgIpc) is 3.07. The van der Waals surface area contributed by atoms with E-state index in [9.17, 15) is 19.3 Å². The number of nitro benzene ring substituents is 1. The number of rotatable bonds is 7. The molecule has 3 aromatic rings. The molecule has 7 nitrogen and oxygen atoms in total. The van der Waals surface area contributed by atoms with Crippen LogP contribution in [0.1, 0.15) is 28.7 Å². The quantitative estimate of drug-likeness (QED) is 0.382. The van der Waals surface area contributed by atoms with Crippen molar-refractivity contribution < 1.29 is 14.1 Å². The number of imidazole rings is 1. The molecule has 0 fully saturated rings. The first kappa shape index (κ1) is 19.2. The van der Waals surface area contributed by atoms with Gasteiger partial charge >= 0.3 is 0 Å². The van der Waals surface area contributed by atoms with Crippen LogP contribution in [-0.2, 0) is 13.5 Å². The van der Waals surface area contributed by atoms with Crippen LogP contribution >= 0.6 is 0 Å². The number of carbonyl (C=O) groups is 1. The van der Waals surface area contributed by atoms with E-state index in [4.69, 9.17) is 0 Å². The SMILES string of the molecule is CC(Cc1cccc(F)c1)Nc1ccc(C(=O)c2nccn2C)cc1[N+](=O)[O-]. The third-order valence-corrected chi connectivity index (χ3v) is 4.31. The van der Waals surface area contributed by atoms with Gasteiger partial charge in [-0.05, 0) is 43.2 Å². The Morgan fingerprint density at radius 1 is 1.32 bits per heavy atom. The average molecular weight is 382 g/mol. The van der Waals surface area contributed by atoms with Gasteiger partial charge in [-0.3, -0.25) is 14.9 Å². The largest absolute Gasteiger partial charge is 0.377 e. The highest BCUT2D eigenvalue weighted by Gasteiger charge is 2.21. The van der Waals surface area contributed by atoms with E-state index in [2.05, 4.69) is 10.3 Å². The Morgan fingerprint density at radius 2 is 2.11 bits per heavy atom. The van der Waals surface area contributed by atoms with Crippen molar-refractivity contribution in [1.29, 1.82) is 0 Å². The number of nitrogens with one attached hydrogen (secondary N) is 1. The predicted octanol–water partition coefficient (Wildman–Crippen LogP) is 3.74. The number of halogens is 1. The maximum atomic E-state index is 13.3. The minimum atomic E-state index is -0.535. The highest BCUT2D eigenvalue weighted by atomic mass is 19.1. The molecule has 1 unspecified atom stereocenters. The number of nitrogens with zero attached hydrogens (tertiary/aromatic N) is 3. The summed E-state index contributed by atoms with van der Waals surface area (Å²) in [5.74, 6) is -0.516. The van der Waals surface area contributed by atoms with E-state index < -0.39 is 10.7 Å².